The summed E-state index contributed by atoms with van der Waals surface area (Å²) in [7, 11) is 0. The second-order valence-corrected chi connectivity index (χ2v) is 10.8. The van der Waals surface area contributed by atoms with E-state index < -0.39 is 0 Å². The van der Waals surface area contributed by atoms with Crippen LogP contribution in [-0.4, -0.2) is 12.6 Å². The molecule has 41 heavy (non-hydrogen) atoms. The predicted molar refractivity (Wildman–Crippen MR) is 171 cm³/mol. The first-order valence-corrected chi connectivity index (χ1v) is 15.3. The Kier molecular flexibility index (Phi) is 11.6. The predicted octanol–water partition coefficient (Wildman–Crippen LogP) is 10.6. The van der Waals surface area contributed by atoms with Crippen molar-refractivity contribution in [3.05, 3.63) is 108 Å². The van der Waals surface area contributed by atoms with Gasteiger partial charge >= 0.3 is 5.97 Å². The Morgan fingerprint density at radius 3 is 1.68 bits per heavy atom. The van der Waals surface area contributed by atoms with Gasteiger partial charge in [-0.15, -0.1) is 0 Å². The lowest BCUT2D eigenvalue weighted by molar-refractivity contribution is 0.0734. The van der Waals surface area contributed by atoms with Crippen LogP contribution in [0.3, 0.4) is 0 Å². The first kappa shape index (κ1) is 30.1. The lowest BCUT2D eigenvalue weighted by Crippen LogP contribution is -2.08. The summed E-state index contributed by atoms with van der Waals surface area (Å²) in [5.41, 5.74) is 8.00. The number of hydrogen-bond donors (Lipinski definition) is 0. The molecule has 0 aliphatic rings. The maximum absolute atomic E-state index is 12.6. The molecule has 0 spiro atoms. The first-order chi connectivity index (χ1) is 20.1. The molecule has 4 aromatic carbocycles. The number of carbonyl (C=O) groups excluding carboxylic acids is 1. The molecule has 214 valence electrons. The molecular formula is C38H44O3. The summed E-state index contributed by atoms with van der Waals surface area (Å²) in [6.07, 6.45) is 12.0. The molecule has 0 aromatic heterocycles. The normalized spacial score (nSPS) is 10.9. The van der Waals surface area contributed by atoms with Gasteiger partial charge in [0, 0.05) is 0 Å². The van der Waals surface area contributed by atoms with Crippen molar-refractivity contribution < 1.29 is 14.3 Å². The lowest BCUT2D eigenvalue weighted by atomic mass is 9.95. The van der Waals surface area contributed by atoms with Crippen LogP contribution in [0.15, 0.2) is 91.0 Å². The highest BCUT2D eigenvalue weighted by atomic mass is 16.5. The van der Waals surface area contributed by atoms with Crippen LogP contribution in [0, 0.1) is 6.92 Å². The van der Waals surface area contributed by atoms with E-state index in [0.29, 0.717) is 17.9 Å². The lowest BCUT2D eigenvalue weighted by Gasteiger charge is -2.10. The molecule has 0 unspecified atom stereocenters. The number of carbonyl (C=O) groups is 1. The van der Waals surface area contributed by atoms with Gasteiger partial charge in [0.15, 0.2) is 0 Å². The molecule has 0 saturated heterocycles. The highest BCUT2D eigenvalue weighted by molar-refractivity contribution is 5.91. The van der Waals surface area contributed by atoms with E-state index in [1.807, 2.05) is 31.2 Å². The number of rotatable bonds is 15. The van der Waals surface area contributed by atoms with Crippen molar-refractivity contribution in [1.29, 1.82) is 0 Å². The van der Waals surface area contributed by atoms with Crippen LogP contribution in [-0.2, 0) is 6.42 Å². The molecule has 0 aliphatic heterocycles. The summed E-state index contributed by atoms with van der Waals surface area (Å²) in [6.45, 7) is 7.04. The average molecular weight is 549 g/mol. The van der Waals surface area contributed by atoms with Gasteiger partial charge in [0.25, 0.3) is 0 Å². The maximum atomic E-state index is 12.6. The van der Waals surface area contributed by atoms with Gasteiger partial charge in [-0.2, -0.15) is 0 Å². The summed E-state index contributed by atoms with van der Waals surface area (Å²) in [6, 6.07) is 30.2. The first-order valence-electron chi connectivity index (χ1n) is 15.3. The van der Waals surface area contributed by atoms with Gasteiger partial charge < -0.3 is 9.47 Å². The van der Waals surface area contributed by atoms with Gasteiger partial charge in [0.1, 0.15) is 11.5 Å². The maximum Gasteiger partial charge on any atom is 0.343 e. The van der Waals surface area contributed by atoms with Gasteiger partial charge in [-0.3, -0.25) is 0 Å². The van der Waals surface area contributed by atoms with Crippen molar-refractivity contribution in [2.45, 2.75) is 78.6 Å². The minimum Gasteiger partial charge on any atom is -0.494 e. The summed E-state index contributed by atoms with van der Waals surface area (Å²) < 4.78 is 11.0. The van der Waals surface area contributed by atoms with Crippen LogP contribution < -0.4 is 9.47 Å². The molecule has 0 radical (unpaired) electrons. The minimum atomic E-state index is -0.378. The van der Waals surface area contributed by atoms with Gasteiger partial charge in [-0.25, -0.2) is 4.79 Å². The van der Waals surface area contributed by atoms with Crippen molar-refractivity contribution in [1.82, 2.24) is 0 Å². The second-order valence-electron chi connectivity index (χ2n) is 10.8. The van der Waals surface area contributed by atoms with Crippen LogP contribution >= 0.6 is 0 Å². The van der Waals surface area contributed by atoms with Crippen LogP contribution in [0.1, 0.15) is 86.7 Å². The van der Waals surface area contributed by atoms with E-state index in [2.05, 4.69) is 56.3 Å². The average Bonchev–Trinajstić information content (AvgIpc) is 3.00. The molecule has 0 bridgehead atoms. The summed E-state index contributed by atoms with van der Waals surface area (Å²) >= 11 is 0. The molecule has 0 N–H and O–H groups in total. The molecule has 3 nitrogen and oxygen atoms in total. The third kappa shape index (κ3) is 9.08. The zero-order chi connectivity index (χ0) is 28.9. The number of ether oxygens (including phenoxy) is 2. The Balaban J connectivity index is 1.29. The third-order valence-corrected chi connectivity index (χ3v) is 7.66. The van der Waals surface area contributed by atoms with Gasteiger partial charge in [-0.1, -0.05) is 106 Å². The Morgan fingerprint density at radius 2 is 1.10 bits per heavy atom. The van der Waals surface area contributed by atoms with E-state index >= 15 is 0 Å². The van der Waals surface area contributed by atoms with Gasteiger partial charge in [0.05, 0.1) is 12.2 Å². The Labute approximate surface area is 246 Å². The van der Waals surface area contributed by atoms with Crippen LogP contribution in [0.25, 0.3) is 22.3 Å². The molecule has 0 aliphatic carbocycles. The van der Waals surface area contributed by atoms with Gasteiger partial charge in [-0.05, 0) is 96.5 Å². The topological polar surface area (TPSA) is 35.5 Å². The quantitative estimate of drug-likeness (QED) is 0.0842. The minimum absolute atomic E-state index is 0.378. The summed E-state index contributed by atoms with van der Waals surface area (Å²) in [5, 5.41) is 0. The molecule has 0 heterocycles. The fourth-order valence-electron chi connectivity index (χ4n) is 5.20. The molecule has 0 fully saturated rings. The number of esters is 1. The van der Waals surface area contributed by atoms with Crippen LogP contribution in [0.2, 0.25) is 0 Å². The monoisotopic (exact) mass is 548 g/mol. The molecule has 3 heteroatoms. The molecule has 0 atom stereocenters. The Morgan fingerprint density at radius 1 is 0.585 bits per heavy atom. The fourth-order valence-corrected chi connectivity index (χ4v) is 5.20. The molecular weight excluding hydrogens is 504 g/mol. The van der Waals surface area contributed by atoms with Crippen molar-refractivity contribution in [3.8, 4) is 33.8 Å². The standard InChI is InChI=1S/C38H44O3/c1-4-6-7-8-9-10-11-12-13-30-14-23-35(28-29(30)3)33-17-15-31(16-18-33)32-19-21-34(22-20-32)38(39)41-37-26-24-36(25-27-37)40-5-2/h14-28H,4-13H2,1-3H3. The van der Waals surface area contributed by atoms with Crippen molar-refractivity contribution in [3.63, 3.8) is 0 Å². The van der Waals surface area contributed by atoms with Crippen LogP contribution in [0.5, 0.6) is 11.5 Å². The molecule has 4 aromatic rings. The van der Waals surface area contributed by atoms with Crippen molar-refractivity contribution >= 4 is 5.97 Å². The highest BCUT2D eigenvalue weighted by Gasteiger charge is 2.10. The van der Waals surface area contributed by atoms with E-state index in [-0.39, 0.29) is 5.97 Å². The largest absolute Gasteiger partial charge is 0.494 e. The van der Waals surface area contributed by atoms with E-state index in [9.17, 15) is 4.79 Å². The molecule has 0 amide bonds. The third-order valence-electron chi connectivity index (χ3n) is 7.66. The summed E-state index contributed by atoms with van der Waals surface area (Å²) in [5.74, 6) is 0.871. The van der Waals surface area contributed by atoms with Crippen molar-refractivity contribution in [2.24, 2.45) is 0 Å². The van der Waals surface area contributed by atoms with Crippen molar-refractivity contribution in [2.75, 3.05) is 6.61 Å². The fraction of sp³-hybridized carbons (Fsp3) is 0.342. The van der Waals surface area contributed by atoms with E-state index in [4.69, 9.17) is 9.47 Å². The molecule has 0 saturated carbocycles. The van der Waals surface area contributed by atoms with E-state index in [0.717, 1.165) is 16.9 Å². The van der Waals surface area contributed by atoms with E-state index in [1.165, 1.54) is 80.0 Å². The number of hydrogen-bond acceptors (Lipinski definition) is 3. The molecule has 4 rings (SSSR count). The smallest absolute Gasteiger partial charge is 0.343 e. The Hall–Kier alpha value is -3.85. The zero-order valence-electron chi connectivity index (χ0n) is 25.0. The number of benzene rings is 4. The summed E-state index contributed by atoms with van der Waals surface area (Å²) in [4.78, 5) is 12.6. The van der Waals surface area contributed by atoms with Gasteiger partial charge in [0.2, 0.25) is 0 Å². The van der Waals surface area contributed by atoms with E-state index in [1.54, 1.807) is 24.3 Å². The Bertz CT molecular complexity index is 1350. The number of aryl methyl sites for hydroxylation is 2. The second kappa shape index (κ2) is 15.8. The van der Waals surface area contributed by atoms with Crippen LogP contribution in [0.4, 0.5) is 0 Å². The number of unbranched alkanes of at least 4 members (excludes halogenated alkanes) is 7. The SMILES string of the molecule is CCCCCCCCCCc1ccc(-c2ccc(-c3ccc(C(=O)Oc4ccc(OCC)cc4)cc3)cc2)cc1C. The zero-order valence-corrected chi connectivity index (χ0v) is 25.0. The highest BCUT2D eigenvalue weighted by Crippen LogP contribution is 2.28.